The van der Waals surface area contributed by atoms with Crippen LogP contribution in [0.25, 0.3) is 0 Å². The van der Waals surface area contributed by atoms with Crippen LogP contribution >= 0.6 is 0 Å². The minimum atomic E-state index is -0.258. The van der Waals surface area contributed by atoms with Gasteiger partial charge in [0, 0.05) is 12.6 Å². The maximum Gasteiger partial charge on any atom is 0.132 e. The summed E-state index contributed by atoms with van der Waals surface area (Å²) in [6.07, 6.45) is 1.44. The van der Waals surface area contributed by atoms with E-state index in [2.05, 4.69) is 10.5 Å². The summed E-state index contributed by atoms with van der Waals surface area (Å²) in [6, 6.07) is 6.47. The van der Waals surface area contributed by atoms with Gasteiger partial charge >= 0.3 is 0 Å². The van der Waals surface area contributed by atoms with Gasteiger partial charge in [-0.2, -0.15) is 5.10 Å². The molecule has 0 spiro atoms. The standard InChI is InChI=1S/C8H9FN2/c1-10-11-6-7-4-2-3-5-8(7)9/h2-6,10H,1H3/b11-6-. The molecule has 0 amide bonds. The molecule has 1 aromatic carbocycles. The van der Waals surface area contributed by atoms with Crippen LogP contribution in [0.5, 0.6) is 0 Å². The van der Waals surface area contributed by atoms with Crippen molar-refractivity contribution in [3.8, 4) is 0 Å². The van der Waals surface area contributed by atoms with Crippen molar-refractivity contribution < 1.29 is 4.39 Å². The molecule has 2 nitrogen and oxygen atoms in total. The minimum absolute atomic E-state index is 0.258. The largest absolute Gasteiger partial charge is 0.313 e. The van der Waals surface area contributed by atoms with E-state index in [1.807, 2.05) is 0 Å². The molecule has 0 aliphatic rings. The first kappa shape index (κ1) is 7.72. The Hall–Kier alpha value is -1.38. The van der Waals surface area contributed by atoms with Crippen LogP contribution in [0.3, 0.4) is 0 Å². The molecule has 0 aliphatic carbocycles. The molecular weight excluding hydrogens is 143 g/mol. The molecule has 0 atom stereocenters. The molecule has 0 fully saturated rings. The first-order chi connectivity index (χ1) is 5.34. The van der Waals surface area contributed by atoms with Crippen molar-refractivity contribution in [3.05, 3.63) is 35.6 Å². The van der Waals surface area contributed by atoms with Gasteiger partial charge in [0.25, 0.3) is 0 Å². The van der Waals surface area contributed by atoms with Crippen LogP contribution in [0.15, 0.2) is 29.4 Å². The number of nitrogens with zero attached hydrogens (tertiary/aromatic N) is 1. The Kier molecular flexibility index (Phi) is 2.60. The van der Waals surface area contributed by atoms with Gasteiger partial charge in [-0.15, -0.1) is 0 Å². The fraction of sp³-hybridized carbons (Fsp3) is 0.125. The molecule has 58 valence electrons. The molecule has 0 bridgehead atoms. The van der Waals surface area contributed by atoms with E-state index in [0.717, 1.165) is 0 Å². The smallest absolute Gasteiger partial charge is 0.132 e. The highest BCUT2D eigenvalue weighted by Gasteiger charge is 1.94. The molecule has 1 aromatic rings. The second-order valence-corrected chi connectivity index (χ2v) is 2.00. The molecule has 1 N–H and O–H groups in total. The second-order valence-electron chi connectivity index (χ2n) is 2.00. The molecule has 0 saturated heterocycles. The predicted octanol–water partition coefficient (Wildman–Crippen LogP) is 1.38. The van der Waals surface area contributed by atoms with Crippen LogP contribution in [-0.4, -0.2) is 13.3 Å². The van der Waals surface area contributed by atoms with Gasteiger partial charge < -0.3 is 5.43 Å². The molecule has 11 heavy (non-hydrogen) atoms. The van der Waals surface area contributed by atoms with Gasteiger partial charge in [0.05, 0.1) is 6.21 Å². The number of rotatable bonds is 2. The van der Waals surface area contributed by atoms with Crippen LogP contribution in [0.2, 0.25) is 0 Å². The Labute approximate surface area is 64.7 Å². The van der Waals surface area contributed by atoms with Crippen LogP contribution in [0, 0.1) is 5.82 Å². The Balaban J connectivity index is 2.86. The number of halogens is 1. The number of benzene rings is 1. The molecule has 0 unspecified atom stereocenters. The van der Waals surface area contributed by atoms with Crippen molar-refractivity contribution in [2.45, 2.75) is 0 Å². The second kappa shape index (κ2) is 3.71. The van der Waals surface area contributed by atoms with E-state index >= 15 is 0 Å². The average molecular weight is 152 g/mol. The number of hydrazone groups is 1. The maximum absolute atomic E-state index is 12.8. The zero-order valence-corrected chi connectivity index (χ0v) is 6.21. The van der Waals surface area contributed by atoms with Crippen LogP contribution in [0.1, 0.15) is 5.56 Å². The quantitative estimate of drug-likeness (QED) is 0.502. The Morgan fingerprint density at radius 2 is 2.18 bits per heavy atom. The predicted molar refractivity (Wildman–Crippen MR) is 43.1 cm³/mol. The first-order valence-electron chi connectivity index (χ1n) is 3.29. The Morgan fingerprint density at radius 3 is 2.82 bits per heavy atom. The average Bonchev–Trinajstić information content (AvgIpc) is 2.03. The maximum atomic E-state index is 12.8. The third-order valence-electron chi connectivity index (χ3n) is 1.24. The highest BCUT2D eigenvalue weighted by molar-refractivity contribution is 5.79. The Morgan fingerprint density at radius 1 is 1.45 bits per heavy atom. The van der Waals surface area contributed by atoms with E-state index in [1.165, 1.54) is 12.3 Å². The molecule has 0 aromatic heterocycles. The summed E-state index contributed by atoms with van der Waals surface area (Å²) in [5.74, 6) is -0.258. The zero-order chi connectivity index (χ0) is 8.10. The third kappa shape index (κ3) is 2.04. The highest BCUT2D eigenvalue weighted by Crippen LogP contribution is 2.02. The molecule has 0 radical (unpaired) electrons. The van der Waals surface area contributed by atoms with Crippen molar-refractivity contribution in [1.82, 2.24) is 5.43 Å². The molecule has 1 rings (SSSR count). The van der Waals surface area contributed by atoms with E-state index in [9.17, 15) is 4.39 Å². The summed E-state index contributed by atoms with van der Waals surface area (Å²) < 4.78 is 12.8. The normalized spacial score (nSPS) is 10.4. The van der Waals surface area contributed by atoms with Crippen LogP contribution in [-0.2, 0) is 0 Å². The lowest BCUT2D eigenvalue weighted by Gasteiger charge is -1.93. The molecule has 3 heteroatoms. The summed E-state index contributed by atoms with van der Waals surface area (Å²) in [4.78, 5) is 0. The van der Waals surface area contributed by atoms with Crippen molar-refractivity contribution >= 4 is 6.21 Å². The lowest BCUT2D eigenvalue weighted by atomic mass is 10.2. The number of nitrogens with one attached hydrogen (secondary N) is 1. The molecular formula is C8H9FN2. The summed E-state index contributed by atoms with van der Waals surface area (Å²) in [7, 11) is 1.66. The zero-order valence-electron chi connectivity index (χ0n) is 6.21. The van der Waals surface area contributed by atoms with Crippen molar-refractivity contribution in [1.29, 1.82) is 0 Å². The summed E-state index contributed by atoms with van der Waals surface area (Å²) >= 11 is 0. The fourth-order valence-electron chi connectivity index (χ4n) is 0.714. The van der Waals surface area contributed by atoms with Crippen molar-refractivity contribution in [2.75, 3.05) is 7.05 Å². The van der Waals surface area contributed by atoms with E-state index in [0.29, 0.717) is 5.56 Å². The van der Waals surface area contributed by atoms with E-state index < -0.39 is 0 Å². The van der Waals surface area contributed by atoms with Gasteiger partial charge in [0.15, 0.2) is 0 Å². The molecule has 0 aliphatic heterocycles. The SMILES string of the molecule is CN/N=C\c1ccccc1F. The van der Waals surface area contributed by atoms with E-state index in [1.54, 1.807) is 25.2 Å². The summed E-state index contributed by atoms with van der Waals surface area (Å²) in [5, 5.41) is 3.69. The fourth-order valence-corrected chi connectivity index (χ4v) is 0.714. The van der Waals surface area contributed by atoms with Crippen LogP contribution < -0.4 is 5.43 Å². The van der Waals surface area contributed by atoms with Crippen molar-refractivity contribution in [2.24, 2.45) is 5.10 Å². The highest BCUT2D eigenvalue weighted by atomic mass is 19.1. The van der Waals surface area contributed by atoms with Gasteiger partial charge in [0.2, 0.25) is 0 Å². The topological polar surface area (TPSA) is 24.4 Å². The van der Waals surface area contributed by atoms with Gasteiger partial charge in [-0.3, -0.25) is 0 Å². The molecule has 0 heterocycles. The minimum Gasteiger partial charge on any atom is -0.313 e. The summed E-state index contributed by atoms with van der Waals surface area (Å²) in [5.41, 5.74) is 3.03. The number of hydrogen-bond acceptors (Lipinski definition) is 2. The molecule has 0 saturated carbocycles. The van der Waals surface area contributed by atoms with E-state index in [-0.39, 0.29) is 5.82 Å². The van der Waals surface area contributed by atoms with E-state index in [4.69, 9.17) is 0 Å². The first-order valence-corrected chi connectivity index (χ1v) is 3.29. The van der Waals surface area contributed by atoms with Gasteiger partial charge in [-0.1, -0.05) is 18.2 Å². The van der Waals surface area contributed by atoms with Gasteiger partial charge in [-0.05, 0) is 6.07 Å². The lowest BCUT2D eigenvalue weighted by Crippen LogP contribution is -1.96. The van der Waals surface area contributed by atoms with Gasteiger partial charge in [-0.25, -0.2) is 4.39 Å². The monoisotopic (exact) mass is 152 g/mol. The summed E-state index contributed by atoms with van der Waals surface area (Å²) in [6.45, 7) is 0. The Bertz CT molecular complexity index is 258. The third-order valence-corrected chi connectivity index (χ3v) is 1.24. The van der Waals surface area contributed by atoms with Crippen molar-refractivity contribution in [3.63, 3.8) is 0 Å². The number of hydrogen-bond donors (Lipinski definition) is 1. The van der Waals surface area contributed by atoms with Gasteiger partial charge in [0.1, 0.15) is 5.82 Å². The van der Waals surface area contributed by atoms with Crippen LogP contribution in [0.4, 0.5) is 4.39 Å². The lowest BCUT2D eigenvalue weighted by molar-refractivity contribution is 0.625.